The molecule has 0 spiro atoms. The van der Waals surface area contributed by atoms with Gasteiger partial charge in [0, 0.05) is 19.6 Å². The molecule has 6 nitrogen and oxygen atoms in total. The number of alkyl carbamates (subject to hydrolysis) is 1. The Bertz CT molecular complexity index is 405. The van der Waals surface area contributed by atoms with E-state index in [1.165, 1.54) is 4.90 Å². The maximum absolute atomic E-state index is 10.8. The van der Waals surface area contributed by atoms with Crippen molar-refractivity contribution in [1.29, 1.82) is 0 Å². The third kappa shape index (κ3) is 14.4. The van der Waals surface area contributed by atoms with Crippen molar-refractivity contribution in [3.63, 3.8) is 0 Å². The van der Waals surface area contributed by atoms with Crippen LogP contribution in [0.2, 0.25) is 0 Å². The molecular formula is C17H31IN2O4. The lowest BCUT2D eigenvalue weighted by Gasteiger charge is -2.28. The molecule has 0 bridgehead atoms. The number of unbranched alkanes of at least 4 members (excludes halogenated alkanes) is 1. The van der Waals surface area contributed by atoms with E-state index < -0.39 is 12.2 Å². The van der Waals surface area contributed by atoms with Crippen molar-refractivity contribution in [2.24, 2.45) is 5.92 Å². The van der Waals surface area contributed by atoms with Crippen LogP contribution in [0.1, 0.15) is 53.4 Å². The molecule has 24 heavy (non-hydrogen) atoms. The topological polar surface area (TPSA) is 78.9 Å². The first-order chi connectivity index (χ1) is 11.3. The Morgan fingerprint density at radius 2 is 1.92 bits per heavy atom. The molecule has 2 N–H and O–H groups in total. The Kier molecular flexibility index (Phi) is 17.4. The van der Waals surface area contributed by atoms with Crippen LogP contribution in [0, 0.1) is 17.9 Å². The van der Waals surface area contributed by atoms with Crippen molar-refractivity contribution in [1.82, 2.24) is 10.2 Å². The number of hydrogen-bond acceptors (Lipinski definition) is 3. The Balaban J connectivity index is 0. The van der Waals surface area contributed by atoms with Crippen LogP contribution in [0.3, 0.4) is 0 Å². The molecule has 1 unspecified atom stereocenters. The molecule has 0 aliphatic carbocycles. The number of carboxylic acid groups (broad SMARTS) is 1. The minimum Gasteiger partial charge on any atom is -0.465 e. The molecule has 0 aromatic carbocycles. The first-order valence-electron chi connectivity index (χ1n) is 8.25. The van der Waals surface area contributed by atoms with E-state index in [1.54, 1.807) is 7.05 Å². The van der Waals surface area contributed by atoms with Crippen molar-refractivity contribution in [2.45, 2.75) is 59.4 Å². The van der Waals surface area contributed by atoms with Gasteiger partial charge in [-0.05, 0) is 24.7 Å². The number of ether oxygens (including phenoxy) is 1. The fourth-order valence-electron chi connectivity index (χ4n) is 1.92. The van der Waals surface area contributed by atoms with Crippen LogP contribution in [0.5, 0.6) is 0 Å². The van der Waals surface area contributed by atoms with Crippen molar-refractivity contribution in [3.8, 4) is 12.0 Å². The third-order valence-corrected chi connectivity index (χ3v) is 3.62. The summed E-state index contributed by atoms with van der Waals surface area (Å²) in [6, 6.07) is 0.160. The van der Waals surface area contributed by atoms with Gasteiger partial charge in [0.25, 0.3) is 0 Å². The van der Waals surface area contributed by atoms with Crippen LogP contribution in [-0.4, -0.2) is 46.3 Å². The Morgan fingerprint density at radius 1 is 1.29 bits per heavy atom. The number of carbonyl (C=O) groups is 2. The van der Waals surface area contributed by atoms with Crippen LogP contribution in [0.15, 0.2) is 0 Å². The molecule has 0 heterocycles. The summed E-state index contributed by atoms with van der Waals surface area (Å²) < 4.78 is 5.18. The normalized spacial score (nSPS) is 10.6. The lowest BCUT2D eigenvalue weighted by atomic mass is 9.99. The molecule has 0 saturated carbocycles. The van der Waals surface area contributed by atoms with Crippen LogP contribution >= 0.6 is 22.6 Å². The Hall–Kier alpha value is -1.17. The highest BCUT2D eigenvalue weighted by molar-refractivity contribution is 14.1. The zero-order valence-electron chi connectivity index (χ0n) is 15.4. The number of carbonyl (C=O) groups excluding carboxylic acids is 1. The maximum atomic E-state index is 10.8. The molecule has 0 fully saturated rings. The fourth-order valence-corrected chi connectivity index (χ4v) is 2.08. The van der Waals surface area contributed by atoms with Gasteiger partial charge in [0.15, 0.2) is 0 Å². The van der Waals surface area contributed by atoms with E-state index in [4.69, 9.17) is 5.11 Å². The average molecular weight is 454 g/mol. The molecule has 0 radical (unpaired) electrons. The summed E-state index contributed by atoms with van der Waals surface area (Å²) in [4.78, 5) is 22.8. The van der Waals surface area contributed by atoms with Gasteiger partial charge in [0.05, 0.1) is 4.43 Å². The molecule has 0 aliphatic heterocycles. The summed E-state index contributed by atoms with van der Waals surface area (Å²) >= 11 is 2.08. The quantitative estimate of drug-likeness (QED) is 0.260. The minimum atomic E-state index is -0.831. The van der Waals surface area contributed by atoms with E-state index in [0.29, 0.717) is 16.9 Å². The number of hydrogen-bond donors (Lipinski definition) is 2. The largest absolute Gasteiger partial charge is 0.465 e. The maximum Gasteiger partial charge on any atom is 0.421 e. The van der Waals surface area contributed by atoms with Crippen molar-refractivity contribution in [3.05, 3.63) is 0 Å². The number of nitrogens with zero attached hydrogens (tertiary/aromatic N) is 1. The second-order valence-electron chi connectivity index (χ2n) is 5.58. The van der Waals surface area contributed by atoms with Gasteiger partial charge in [-0.3, -0.25) is 0 Å². The molecule has 0 aliphatic rings. The molecule has 0 saturated heterocycles. The van der Waals surface area contributed by atoms with Gasteiger partial charge in [-0.15, -0.1) is 0 Å². The molecule has 0 rings (SSSR count). The summed E-state index contributed by atoms with van der Waals surface area (Å²) in [6.45, 7) is 8.90. The van der Waals surface area contributed by atoms with Crippen LogP contribution in [0.25, 0.3) is 0 Å². The smallest absolute Gasteiger partial charge is 0.421 e. The van der Waals surface area contributed by atoms with E-state index in [0.717, 1.165) is 25.7 Å². The van der Waals surface area contributed by atoms with Crippen molar-refractivity contribution >= 4 is 34.8 Å². The van der Waals surface area contributed by atoms with Crippen LogP contribution in [0.4, 0.5) is 9.59 Å². The monoisotopic (exact) mass is 454 g/mol. The fraction of sp³-hybridized carbons (Fsp3) is 0.765. The third-order valence-electron chi connectivity index (χ3n) is 3.24. The second-order valence-corrected chi connectivity index (χ2v) is 6.34. The van der Waals surface area contributed by atoms with Gasteiger partial charge in [-0.1, -0.05) is 63.1 Å². The first kappa shape index (κ1) is 25.1. The van der Waals surface area contributed by atoms with Gasteiger partial charge < -0.3 is 20.1 Å². The predicted octanol–water partition coefficient (Wildman–Crippen LogP) is 4.33. The molecule has 0 aromatic heterocycles. The van der Waals surface area contributed by atoms with Gasteiger partial charge >= 0.3 is 12.2 Å². The second kappa shape index (κ2) is 16.7. The van der Waals surface area contributed by atoms with Gasteiger partial charge in [-0.25, -0.2) is 9.59 Å². The SMILES string of the molecule is CCCC(C(C)C)N(C)C(=O)O.CCCCNC(=O)OC#CCI. The molecule has 0 aromatic rings. The number of nitrogens with one attached hydrogen (secondary N) is 1. The highest BCUT2D eigenvalue weighted by Gasteiger charge is 2.20. The van der Waals surface area contributed by atoms with Gasteiger partial charge in [-0.2, -0.15) is 0 Å². The summed E-state index contributed by atoms with van der Waals surface area (Å²) in [5.41, 5.74) is 0. The molecule has 7 heteroatoms. The number of amides is 2. The van der Waals surface area contributed by atoms with Crippen LogP contribution < -0.4 is 5.32 Å². The highest BCUT2D eigenvalue weighted by Crippen LogP contribution is 2.14. The summed E-state index contributed by atoms with van der Waals surface area (Å²) in [6.07, 6.45) is 5.00. The Labute approximate surface area is 159 Å². The Morgan fingerprint density at radius 3 is 2.33 bits per heavy atom. The van der Waals surface area contributed by atoms with Gasteiger partial charge in [0.2, 0.25) is 0 Å². The van der Waals surface area contributed by atoms with Crippen molar-refractivity contribution < 1.29 is 19.4 Å². The molecule has 2 amide bonds. The van der Waals surface area contributed by atoms with Gasteiger partial charge in [0.1, 0.15) is 6.11 Å². The standard InChI is InChI=1S/C9H19NO2.C8H12INO2/c1-5-6-8(7(2)3)10(4)9(11)12;1-2-3-6-10-8(11)12-7-4-5-9/h7-8H,5-6H2,1-4H3,(H,11,12);2-3,5-6H2,1H3,(H,10,11). The summed E-state index contributed by atoms with van der Waals surface area (Å²) in [7, 11) is 1.64. The van der Waals surface area contributed by atoms with Crippen molar-refractivity contribution in [2.75, 3.05) is 18.0 Å². The zero-order valence-corrected chi connectivity index (χ0v) is 17.6. The molecule has 140 valence electrons. The summed E-state index contributed by atoms with van der Waals surface area (Å²) in [5.74, 6) is 3.02. The summed E-state index contributed by atoms with van der Waals surface area (Å²) in [5, 5.41) is 11.3. The lowest BCUT2D eigenvalue weighted by molar-refractivity contribution is 0.122. The van der Waals surface area contributed by atoms with E-state index in [-0.39, 0.29) is 6.04 Å². The first-order valence-corrected chi connectivity index (χ1v) is 9.78. The number of halogens is 1. The van der Waals surface area contributed by atoms with E-state index in [2.05, 4.69) is 72.4 Å². The number of rotatable bonds is 7. The van der Waals surface area contributed by atoms with E-state index in [1.807, 2.05) is 0 Å². The number of alkyl halides is 1. The predicted molar refractivity (Wildman–Crippen MR) is 105 cm³/mol. The average Bonchev–Trinajstić information content (AvgIpc) is 2.52. The van der Waals surface area contributed by atoms with E-state index >= 15 is 0 Å². The lowest BCUT2D eigenvalue weighted by Crippen LogP contribution is -2.39. The molecule has 1 atom stereocenters. The highest BCUT2D eigenvalue weighted by atomic mass is 127. The molecular weight excluding hydrogens is 423 g/mol. The van der Waals surface area contributed by atoms with E-state index in [9.17, 15) is 9.59 Å². The minimum absolute atomic E-state index is 0.160. The zero-order chi connectivity index (χ0) is 19.0. The van der Waals surface area contributed by atoms with Crippen LogP contribution in [-0.2, 0) is 4.74 Å².